The number of nitrogens with one attached hydrogen (secondary N) is 1. The lowest BCUT2D eigenvalue weighted by Crippen LogP contribution is -2.14. The van der Waals surface area contributed by atoms with Gasteiger partial charge in [0.2, 0.25) is 5.91 Å². The normalized spacial score (nSPS) is 10.8. The molecule has 8 heteroatoms. The molecule has 0 atom stereocenters. The minimum absolute atomic E-state index is 0.0367. The van der Waals surface area contributed by atoms with Gasteiger partial charge in [-0.3, -0.25) is 9.36 Å². The number of para-hydroxylation sites is 1. The summed E-state index contributed by atoms with van der Waals surface area (Å²) in [6.07, 6.45) is 0. The Morgan fingerprint density at radius 2 is 2.00 bits per heavy atom. The second-order valence-corrected chi connectivity index (χ2v) is 6.97. The molecule has 0 saturated carbocycles. The Labute approximate surface area is 159 Å². The topological polar surface area (TPSA) is 59.8 Å². The summed E-state index contributed by atoms with van der Waals surface area (Å²) in [5, 5.41) is 11.6. The fourth-order valence-corrected chi connectivity index (χ4v) is 3.40. The first kappa shape index (κ1) is 18.4. The zero-order valence-electron chi connectivity index (χ0n) is 14.2. The van der Waals surface area contributed by atoms with E-state index >= 15 is 0 Å². The number of rotatable bonds is 5. The highest BCUT2D eigenvalue weighted by Crippen LogP contribution is 2.24. The molecule has 0 radical (unpaired) electrons. The first-order chi connectivity index (χ1) is 12.5. The maximum absolute atomic E-state index is 13.2. The van der Waals surface area contributed by atoms with E-state index in [1.807, 2.05) is 42.7 Å². The Balaban J connectivity index is 1.71. The smallest absolute Gasteiger partial charge is 0.234 e. The quantitative estimate of drug-likeness (QED) is 0.655. The van der Waals surface area contributed by atoms with Crippen LogP contribution in [0.15, 0.2) is 47.6 Å². The lowest BCUT2D eigenvalue weighted by molar-refractivity contribution is -0.113. The summed E-state index contributed by atoms with van der Waals surface area (Å²) in [6, 6.07) is 11.9. The van der Waals surface area contributed by atoms with Crippen molar-refractivity contribution in [3.05, 3.63) is 64.7 Å². The van der Waals surface area contributed by atoms with Crippen molar-refractivity contribution in [1.29, 1.82) is 0 Å². The van der Waals surface area contributed by atoms with Crippen LogP contribution in [-0.4, -0.2) is 26.4 Å². The third-order valence-corrected chi connectivity index (χ3v) is 4.91. The van der Waals surface area contributed by atoms with Crippen molar-refractivity contribution in [2.45, 2.75) is 19.0 Å². The van der Waals surface area contributed by atoms with Gasteiger partial charge in [0.1, 0.15) is 11.6 Å². The van der Waals surface area contributed by atoms with Gasteiger partial charge in [-0.05, 0) is 43.7 Å². The van der Waals surface area contributed by atoms with E-state index in [1.165, 1.54) is 30.0 Å². The van der Waals surface area contributed by atoms with E-state index in [0.29, 0.717) is 10.8 Å². The molecule has 1 aromatic heterocycles. The van der Waals surface area contributed by atoms with Gasteiger partial charge in [0.25, 0.3) is 0 Å². The van der Waals surface area contributed by atoms with Crippen molar-refractivity contribution in [1.82, 2.24) is 14.8 Å². The maximum Gasteiger partial charge on any atom is 0.234 e. The number of anilines is 1. The van der Waals surface area contributed by atoms with Crippen LogP contribution in [0.5, 0.6) is 0 Å². The molecule has 3 rings (SSSR count). The molecule has 3 aromatic rings. The SMILES string of the molecule is Cc1ccccc1-n1c(C)nnc1SCC(=O)Nc1ccc(F)c(Cl)c1. The average molecular weight is 391 g/mol. The van der Waals surface area contributed by atoms with Crippen molar-refractivity contribution in [2.75, 3.05) is 11.1 Å². The van der Waals surface area contributed by atoms with Gasteiger partial charge in [-0.15, -0.1) is 10.2 Å². The summed E-state index contributed by atoms with van der Waals surface area (Å²) in [4.78, 5) is 12.2. The van der Waals surface area contributed by atoms with Crippen molar-refractivity contribution in [3.63, 3.8) is 0 Å². The van der Waals surface area contributed by atoms with Gasteiger partial charge in [-0.1, -0.05) is 41.6 Å². The molecule has 0 aliphatic heterocycles. The van der Waals surface area contributed by atoms with Crippen LogP contribution in [-0.2, 0) is 4.79 Å². The Morgan fingerprint density at radius 1 is 1.23 bits per heavy atom. The summed E-state index contributed by atoms with van der Waals surface area (Å²) in [5.74, 6) is 0.113. The molecule has 1 amide bonds. The van der Waals surface area contributed by atoms with Crippen molar-refractivity contribution in [2.24, 2.45) is 0 Å². The van der Waals surface area contributed by atoms with E-state index in [-0.39, 0.29) is 16.7 Å². The van der Waals surface area contributed by atoms with Crippen LogP contribution in [0.4, 0.5) is 10.1 Å². The number of thioether (sulfide) groups is 1. The van der Waals surface area contributed by atoms with E-state index in [9.17, 15) is 9.18 Å². The van der Waals surface area contributed by atoms with E-state index < -0.39 is 5.82 Å². The van der Waals surface area contributed by atoms with Crippen LogP contribution < -0.4 is 5.32 Å². The van der Waals surface area contributed by atoms with Crippen LogP contribution in [0.2, 0.25) is 5.02 Å². The van der Waals surface area contributed by atoms with Gasteiger partial charge in [0.15, 0.2) is 5.16 Å². The summed E-state index contributed by atoms with van der Waals surface area (Å²) in [6.45, 7) is 3.87. The van der Waals surface area contributed by atoms with Crippen LogP contribution in [0.1, 0.15) is 11.4 Å². The molecule has 134 valence electrons. The first-order valence-electron chi connectivity index (χ1n) is 7.81. The van der Waals surface area contributed by atoms with Crippen LogP contribution in [0.3, 0.4) is 0 Å². The van der Waals surface area contributed by atoms with E-state index in [1.54, 1.807) is 0 Å². The largest absolute Gasteiger partial charge is 0.325 e. The van der Waals surface area contributed by atoms with Gasteiger partial charge in [-0.2, -0.15) is 0 Å². The predicted molar refractivity (Wildman–Crippen MR) is 102 cm³/mol. The molecular formula is C18H16ClFN4OS. The molecule has 1 N–H and O–H groups in total. The second kappa shape index (κ2) is 7.88. The number of aryl methyl sites for hydroxylation is 2. The van der Waals surface area contributed by atoms with Gasteiger partial charge in [0, 0.05) is 5.69 Å². The maximum atomic E-state index is 13.2. The van der Waals surface area contributed by atoms with Crippen LogP contribution in [0.25, 0.3) is 5.69 Å². The standard InChI is InChI=1S/C18H16ClFN4OS/c1-11-5-3-4-6-16(11)24-12(2)22-23-18(24)26-10-17(25)21-13-7-8-15(20)14(19)9-13/h3-9H,10H2,1-2H3,(H,21,25). The lowest BCUT2D eigenvalue weighted by atomic mass is 10.2. The molecule has 0 spiro atoms. The molecule has 0 bridgehead atoms. The summed E-state index contributed by atoms with van der Waals surface area (Å²) >= 11 is 7.00. The van der Waals surface area contributed by atoms with E-state index in [4.69, 9.17) is 11.6 Å². The van der Waals surface area contributed by atoms with Crippen molar-refractivity contribution >= 4 is 35.0 Å². The first-order valence-corrected chi connectivity index (χ1v) is 9.18. The van der Waals surface area contributed by atoms with E-state index in [0.717, 1.165) is 17.1 Å². The zero-order valence-corrected chi connectivity index (χ0v) is 15.7. The summed E-state index contributed by atoms with van der Waals surface area (Å²) in [5.41, 5.74) is 2.50. The number of carbonyl (C=O) groups is 1. The third kappa shape index (κ3) is 4.05. The highest BCUT2D eigenvalue weighted by molar-refractivity contribution is 7.99. The zero-order chi connectivity index (χ0) is 18.7. The Kier molecular flexibility index (Phi) is 5.58. The van der Waals surface area contributed by atoms with Crippen LogP contribution >= 0.6 is 23.4 Å². The predicted octanol–water partition coefficient (Wildman–Crippen LogP) is 4.41. The highest BCUT2D eigenvalue weighted by Gasteiger charge is 2.15. The molecule has 0 saturated heterocycles. The Morgan fingerprint density at radius 3 is 2.73 bits per heavy atom. The molecule has 5 nitrogen and oxygen atoms in total. The Hall–Kier alpha value is -2.38. The molecule has 0 unspecified atom stereocenters. The lowest BCUT2D eigenvalue weighted by Gasteiger charge is -2.11. The molecular weight excluding hydrogens is 375 g/mol. The second-order valence-electron chi connectivity index (χ2n) is 5.62. The number of aromatic nitrogens is 3. The summed E-state index contributed by atoms with van der Waals surface area (Å²) in [7, 11) is 0. The summed E-state index contributed by atoms with van der Waals surface area (Å²) < 4.78 is 15.1. The van der Waals surface area contributed by atoms with E-state index in [2.05, 4.69) is 15.5 Å². The molecule has 0 aliphatic carbocycles. The van der Waals surface area contributed by atoms with Gasteiger partial charge in [0.05, 0.1) is 16.5 Å². The number of amides is 1. The number of halogens is 2. The Bertz CT molecular complexity index is 960. The minimum atomic E-state index is -0.527. The number of benzene rings is 2. The fraction of sp³-hybridized carbons (Fsp3) is 0.167. The third-order valence-electron chi connectivity index (χ3n) is 3.69. The number of hydrogen-bond donors (Lipinski definition) is 1. The van der Waals surface area contributed by atoms with Crippen molar-refractivity contribution < 1.29 is 9.18 Å². The van der Waals surface area contributed by atoms with Gasteiger partial charge < -0.3 is 5.32 Å². The molecule has 26 heavy (non-hydrogen) atoms. The van der Waals surface area contributed by atoms with Crippen LogP contribution in [0, 0.1) is 19.7 Å². The molecule has 0 aliphatic rings. The number of carbonyl (C=O) groups excluding carboxylic acids is 1. The number of hydrogen-bond acceptors (Lipinski definition) is 4. The van der Waals surface area contributed by atoms with Gasteiger partial charge in [-0.25, -0.2) is 4.39 Å². The van der Waals surface area contributed by atoms with Crippen molar-refractivity contribution in [3.8, 4) is 5.69 Å². The fourth-order valence-electron chi connectivity index (χ4n) is 2.43. The molecule has 2 aromatic carbocycles. The molecule has 1 heterocycles. The van der Waals surface area contributed by atoms with Gasteiger partial charge >= 0.3 is 0 Å². The minimum Gasteiger partial charge on any atom is -0.325 e. The number of nitrogens with zero attached hydrogens (tertiary/aromatic N) is 3. The highest BCUT2D eigenvalue weighted by atomic mass is 35.5. The average Bonchev–Trinajstić information content (AvgIpc) is 2.97. The molecule has 0 fully saturated rings. The monoisotopic (exact) mass is 390 g/mol.